The molecule has 0 saturated heterocycles. The maximum absolute atomic E-state index is 11.8. The Hall–Kier alpha value is -3.22. The van der Waals surface area contributed by atoms with Crippen molar-refractivity contribution in [1.29, 1.82) is 0 Å². The van der Waals surface area contributed by atoms with Gasteiger partial charge >= 0.3 is 11.9 Å². The Balaban J connectivity index is 1.49. The number of carbonyl (C=O) groups excluding carboxylic acids is 2. The maximum atomic E-state index is 11.8. The minimum Gasteiger partial charge on any atom is -0.459 e. The lowest BCUT2D eigenvalue weighted by molar-refractivity contribution is 0.0379. The highest BCUT2D eigenvalue weighted by Gasteiger charge is 2.15. The molecule has 0 saturated carbocycles. The number of hydrogen-bond acceptors (Lipinski definition) is 7. The molecule has 130 valence electrons. The van der Waals surface area contributed by atoms with Crippen LogP contribution in [-0.2, 0) is 22.7 Å². The molecular weight excluding hydrogens is 328 g/mol. The van der Waals surface area contributed by atoms with Crippen LogP contribution in [0.3, 0.4) is 0 Å². The van der Waals surface area contributed by atoms with E-state index in [1.165, 1.54) is 0 Å². The van der Waals surface area contributed by atoms with Gasteiger partial charge in [0.2, 0.25) is 11.5 Å². The lowest BCUT2D eigenvalue weighted by atomic mass is 10.4. The van der Waals surface area contributed by atoms with Crippen LogP contribution in [0.5, 0.6) is 0 Å². The first-order chi connectivity index (χ1) is 12.0. The summed E-state index contributed by atoms with van der Waals surface area (Å²) in [5.74, 6) is 1.21. The largest absolute Gasteiger partial charge is 0.459 e. The van der Waals surface area contributed by atoms with Crippen molar-refractivity contribution in [3.05, 3.63) is 71.0 Å². The Bertz CT molecular complexity index is 810. The average Bonchev–Trinajstić information content (AvgIpc) is 3.31. The van der Waals surface area contributed by atoms with Gasteiger partial charge in [0.25, 0.3) is 0 Å². The third-order valence-electron chi connectivity index (χ3n) is 3.29. The fraction of sp³-hybridized carbons (Fsp3) is 0.222. The molecule has 3 rings (SSSR count). The first-order valence-corrected chi connectivity index (χ1v) is 7.56. The van der Waals surface area contributed by atoms with Crippen molar-refractivity contribution >= 4 is 11.9 Å². The van der Waals surface area contributed by atoms with Gasteiger partial charge in [0, 0.05) is 0 Å². The Kier molecular flexibility index (Phi) is 4.74. The van der Waals surface area contributed by atoms with E-state index in [2.05, 4.69) is 0 Å². The van der Waals surface area contributed by atoms with Crippen molar-refractivity contribution in [3.8, 4) is 0 Å². The monoisotopic (exact) mass is 344 g/mol. The van der Waals surface area contributed by atoms with Gasteiger partial charge in [0.05, 0.1) is 0 Å². The Morgan fingerprint density at radius 2 is 1.16 bits per heavy atom. The second-order valence-corrected chi connectivity index (χ2v) is 5.34. The lowest BCUT2D eigenvalue weighted by Crippen LogP contribution is -2.04. The summed E-state index contributed by atoms with van der Waals surface area (Å²) in [5.41, 5.74) is 0. The number of esters is 2. The minimum atomic E-state index is -0.578. The molecule has 0 aliphatic rings. The highest BCUT2D eigenvalue weighted by molar-refractivity contribution is 5.86. The number of hydrogen-bond donors (Lipinski definition) is 0. The molecule has 0 unspecified atom stereocenters. The lowest BCUT2D eigenvalue weighted by Gasteiger charge is -2.01. The Labute approximate surface area is 143 Å². The molecular formula is C18H16O7. The van der Waals surface area contributed by atoms with Crippen molar-refractivity contribution in [2.45, 2.75) is 27.1 Å². The molecule has 0 spiro atoms. The van der Waals surface area contributed by atoms with E-state index in [1.54, 1.807) is 50.2 Å². The minimum absolute atomic E-state index is 0.0517. The summed E-state index contributed by atoms with van der Waals surface area (Å²) in [4.78, 5) is 23.5. The zero-order valence-corrected chi connectivity index (χ0v) is 13.7. The fourth-order valence-electron chi connectivity index (χ4n) is 2.08. The molecule has 7 nitrogen and oxygen atoms in total. The summed E-state index contributed by atoms with van der Waals surface area (Å²) >= 11 is 0. The summed E-state index contributed by atoms with van der Waals surface area (Å²) in [5, 5.41) is 0. The van der Waals surface area contributed by atoms with Gasteiger partial charge in [-0.1, -0.05) is 0 Å². The first-order valence-electron chi connectivity index (χ1n) is 7.56. The predicted molar refractivity (Wildman–Crippen MR) is 83.8 cm³/mol. The third-order valence-corrected chi connectivity index (χ3v) is 3.29. The van der Waals surface area contributed by atoms with Gasteiger partial charge < -0.3 is 22.7 Å². The molecule has 3 aromatic heterocycles. The van der Waals surface area contributed by atoms with Crippen LogP contribution in [0.15, 0.2) is 49.6 Å². The van der Waals surface area contributed by atoms with Crippen molar-refractivity contribution in [2.24, 2.45) is 0 Å². The van der Waals surface area contributed by atoms with E-state index in [-0.39, 0.29) is 24.7 Å². The van der Waals surface area contributed by atoms with Gasteiger partial charge in [-0.15, -0.1) is 0 Å². The summed E-state index contributed by atoms with van der Waals surface area (Å²) in [6.07, 6.45) is 0. The first kappa shape index (κ1) is 16.6. The smallest absolute Gasteiger partial charge is 0.374 e. The zero-order chi connectivity index (χ0) is 17.8. The van der Waals surface area contributed by atoms with E-state index in [4.69, 9.17) is 22.7 Å². The number of ether oxygens (including phenoxy) is 2. The van der Waals surface area contributed by atoms with Crippen LogP contribution in [0.4, 0.5) is 0 Å². The molecule has 25 heavy (non-hydrogen) atoms. The summed E-state index contributed by atoms with van der Waals surface area (Å²) in [6, 6.07) is 9.72. The molecule has 3 heterocycles. The molecule has 0 atom stereocenters. The normalized spacial score (nSPS) is 10.6. The molecule has 0 bridgehead atoms. The van der Waals surface area contributed by atoms with Gasteiger partial charge in [-0.3, -0.25) is 0 Å². The fourth-order valence-corrected chi connectivity index (χ4v) is 2.08. The molecule has 0 aromatic carbocycles. The quantitative estimate of drug-likeness (QED) is 0.628. The predicted octanol–water partition coefficient (Wildman–Crippen LogP) is 3.80. The van der Waals surface area contributed by atoms with Crippen LogP contribution >= 0.6 is 0 Å². The molecule has 0 radical (unpaired) electrons. The standard InChI is InChI=1S/C18H16O7/c1-11-3-7-15(23-11)17(19)21-9-13-5-6-14(25-13)10-22-18(20)16-8-4-12(2)24-16/h3-8H,9-10H2,1-2H3. The molecule has 7 heteroatoms. The van der Waals surface area contributed by atoms with E-state index in [9.17, 15) is 9.59 Å². The van der Waals surface area contributed by atoms with Gasteiger partial charge in [0.15, 0.2) is 0 Å². The van der Waals surface area contributed by atoms with Crippen molar-refractivity contribution in [2.75, 3.05) is 0 Å². The molecule has 0 amide bonds. The Morgan fingerprint density at radius 1 is 0.720 bits per heavy atom. The van der Waals surface area contributed by atoms with Crippen LogP contribution in [0.25, 0.3) is 0 Å². The summed E-state index contributed by atoms with van der Waals surface area (Å²) < 4.78 is 26.0. The molecule has 0 aliphatic heterocycles. The SMILES string of the molecule is Cc1ccc(C(=O)OCc2ccc(COC(=O)c3ccc(C)o3)o2)o1. The van der Waals surface area contributed by atoms with Gasteiger partial charge in [0.1, 0.15) is 36.3 Å². The molecule has 0 N–H and O–H groups in total. The van der Waals surface area contributed by atoms with Gasteiger partial charge in [-0.05, 0) is 50.2 Å². The molecule has 0 fully saturated rings. The number of carbonyl (C=O) groups is 2. The number of aryl methyl sites for hydroxylation is 2. The van der Waals surface area contributed by atoms with E-state index in [0.717, 1.165) is 0 Å². The second-order valence-electron chi connectivity index (χ2n) is 5.34. The number of furan rings is 3. The van der Waals surface area contributed by atoms with Crippen molar-refractivity contribution < 1.29 is 32.3 Å². The Morgan fingerprint density at radius 3 is 1.52 bits per heavy atom. The van der Waals surface area contributed by atoms with Gasteiger partial charge in [-0.25, -0.2) is 9.59 Å². The van der Waals surface area contributed by atoms with Crippen LogP contribution in [0, 0.1) is 13.8 Å². The molecule has 3 aromatic rings. The van der Waals surface area contributed by atoms with E-state index in [0.29, 0.717) is 23.0 Å². The topological polar surface area (TPSA) is 92.0 Å². The maximum Gasteiger partial charge on any atom is 0.374 e. The van der Waals surface area contributed by atoms with Gasteiger partial charge in [-0.2, -0.15) is 0 Å². The van der Waals surface area contributed by atoms with E-state index >= 15 is 0 Å². The number of rotatable bonds is 6. The van der Waals surface area contributed by atoms with E-state index in [1.807, 2.05) is 0 Å². The van der Waals surface area contributed by atoms with Crippen LogP contribution in [0.1, 0.15) is 44.2 Å². The van der Waals surface area contributed by atoms with Crippen LogP contribution < -0.4 is 0 Å². The highest BCUT2D eigenvalue weighted by Crippen LogP contribution is 2.14. The van der Waals surface area contributed by atoms with Crippen molar-refractivity contribution in [1.82, 2.24) is 0 Å². The molecule has 0 aliphatic carbocycles. The highest BCUT2D eigenvalue weighted by atomic mass is 16.6. The van der Waals surface area contributed by atoms with Crippen LogP contribution in [0.2, 0.25) is 0 Å². The van der Waals surface area contributed by atoms with Crippen molar-refractivity contribution in [3.63, 3.8) is 0 Å². The summed E-state index contributed by atoms with van der Waals surface area (Å²) in [6.45, 7) is 3.37. The van der Waals surface area contributed by atoms with E-state index < -0.39 is 11.9 Å². The third kappa shape index (κ3) is 4.20. The summed E-state index contributed by atoms with van der Waals surface area (Å²) in [7, 11) is 0. The zero-order valence-electron chi connectivity index (χ0n) is 13.7. The van der Waals surface area contributed by atoms with Crippen LogP contribution in [-0.4, -0.2) is 11.9 Å². The second kappa shape index (κ2) is 7.12. The average molecular weight is 344 g/mol.